The average molecular weight is 326 g/mol. The molecule has 1 heterocycles. The minimum Gasteiger partial charge on any atom is -0.491 e. The van der Waals surface area contributed by atoms with Gasteiger partial charge in [0.15, 0.2) is 11.5 Å². The molecular weight excluding hydrogens is 304 g/mol. The number of aliphatic hydroxyl groups excluding tert-OH is 1. The number of carbonyl (C=O) groups excluding carboxylic acids is 1. The van der Waals surface area contributed by atoms with Gasteiger partial charge in [-0.25, -0.2) is 0 Å². The summed E-state index contributed by atoms with van der Waals surface area (Å²) in [6.07, 6.45) is -0.802. The van der Waals surface area contributed by atoms with E-state index in [0.717, 1.165) is 0 Å². The SMILES string of the molecule is COCCNCC(=O)NCC(O)COc1ccc2c(c1)OCO2. The van der Waals surface area contributed by atoms with Gasteiger partial charge < -0.3 is 34.7 Å². The van der Waals surface area contributed by atoms with Crippen molar-refractivity contribution in [3.63, 3.8) is 0 Å². The molecule has 1 amide bonds. The molecule has 0 bridgehead atoms. The first-order valence-corrected chi connectivity index (χ1v) is 7.36. The number of fused-ring (bicyclic) bond motifs is 1. The lowest BCUT2D eigenvalue weighted by atomic mass is 10.3. The Hall–Kier alpha value is -2.03. The minimum atomic E-state index is -0.802. The van der Waals surface area contributed by atoms with E-state index in [1.807, 2.05) is 0 Å². The van der Waals surface area contributed by atoms with Gasteiger partial charge in [0, 0.05) is 26.3 Å². The van der Waals surface area contributed by atoms with E-state index >= 15 is 0 Å². The van der Waals surface area contributed by atoms with Crippen LogP contribution in [0.4, 0.5) is 0 Å². The van der Waals surface area contributed by atoms with Gasteiger partial charge in [-0.2, -0.15) is 0 Å². The predicted molar refractivity (Wildman–Crippen MR) is 81.8 cm³/mol. The second-order valence-electron chi connectivity index (χ2n) is 4.95. The smallest absolute Gasteiger partial charge is 0.234 e. The van der Waals surface area contributed by atoms with Crippen molar-refractivity contribution in [2.45, 2.75) is 6.10 Å². The molecular formula is C15H22N2O6. The van der Waals surface area contributed by atoms with Crippen LogP contribution in [0.2, 0.25) is 0 Å². The van der Waals surface area contributed by atoms with E-state index < -0.39 is 6.10 Å². The molecule has 8 nitrogen and oxygen atoms in total. The Kier molecular flexibility index (Phi) is 6.92. The summed E-state index contributed by atoms with van der Waals surface area (Å²) in [5.41, 5.74) is 0. The van der Waals surface area contributed by atoms with Crippen LogP contribution in [0.3, 0.4) is 0 Å². The molecule has 0 aromatic heterocycles. The normalized spacial score (nSPS) is 13.7. The maximum atomic E-state index is 11.5. The fourth-order valence-electron chi connectivity index (χ4n) is 1.89. The van der Waals surface area contributed by atoms with Gasteiger partial charge in [0.05, 0.1) is 13.2 Å². The molecule has 3 N–H and O–H groups in total. The first-order chi connectivity index (χ1) is 11.2. The summed E-state index contributed by atoms with van der Waals surface area (Å²) in [6, 6.07) is 5.18. The Morgan fingerprint density at radius 1 is 1.39 bits per heavy atom. The van der Waals surface area contributed by atoms with Gasteiger partial charge >= 0.3 is 0 Å². The number of rotatable bonds is 10. The van der Waals surface area contributed by atoms with Gasteiger partial charge in [0.2, 0.25) is 12.7 Å². The van der Waals surface area contributed by atoms with Crippen molar-refractivity contribution in [1.29, 1.82) is 0 Å². The Bertz CT molecular complexity index is 511. The number of amides is 1. The number of nitrogens with one attached hydrogen (secondary N) is 2. The number of methoxy groups -OCH3 is 1. The highest BCUT2D eigenvalue weighted by molar-refractivity contribution is 5.77. The van der Waals surface area contributed by atoms with Crippen LogP contribution in [0.1, 0.15) is 0 Å². The largest absolute Gasteiger partial charge is 0.491 e. The van der Waals surface area contributed by atoms with E-state index in [4.69, 9.17) is 18.9 Å². The molecule has 0 fully saturated rings. The van der Waals surface area contributed by atoms with Crippen LogP contribution in [0.15, 0.2) is 18.2 Å². The van der Waals surface area contributed by atoms with Crippen molar-refractivity contribution in [3.05, 3.63) is 18.2 Å². The average Bonchev–Trinajstić information content (AvgIpc) is 3.02. The summed E-state index contributed by atoms with van der Waals surface area (Å²) in [5.74, 6) is 1.67. The molecule has 128 valence electrons. The second-order valence-corrected chi connectivity index (χ2v) is 4.95. The summed E-state index contributed by atoms with van der Waals surface area (Å²) in [4.78, 5) is 11.5. The third-order valence-electron chi connectivity index (χ3n) is 3.09. The van der Waals surface area contributed by atoms with Crippen molar-refractivity contribution >= 4 is 5.91 Å². The van der Waals surface area contributed by atoms with Crippen molar-refractivity contribution in [1.82, 2.24) is 10.6 Å². The summed E-state index contributed by atoms with van der Waals surface area (Å²) in [5, 5.41) is 15.4. The van der Waals surface area contributed by atoms with E-state index in [1.165, 1.54) is 0 Å². The molecule has 8 heteroatoms. The first kappa shape index (κ1) is 17.3. The molecule has 1 aromatic rings. The number of benzene rings is 1. The maximum Gasteiger partial charge on any atom is 0.234 e. The molecule has 1 atom stereocenters. The molecule has 1 unspecified atom stereocenters. The van der Waals surface area contributed by atoms with E-state index in [1.54, 1.807) is 25.3 Å². The Labute approximate surface area is 134 Å². The van der Waals surface area contributed by atoms with Crippen LogP contribution in [0.5, 0.6) is 17.2 Å². The van der Waals surface area contributed by atoms with Gasteiger partial charge in [-0.05, 0) is 12.1 Å². The van der Waals surface area contributed by atoms with Gasteiger partial charge in [-0.1, -0.05) is 0 Å². The maximum absolute atomic E-state index is 11.5. The van der Waals surface area contributed by atoms with Crippen LogP contribution in [-0.2, 0) is 9.53 Å². The van der Waals surface area contributed by atoms with Gasteiger partial charge in [0.25, 0.3) is 0 Å². The van der Waals surface area contributed by atoms with Crippen LogP contribution >= 0.6 is 0 Å². The third-order valence-corrected chi connectivity index (χ3v) is 3.09. The zero-order valence-corrected chi connectivity index (χ0v) is 13.0. The summed E-state index contributed by atoms with van der Waals surface area (Å²) < 4.78 is 20.8. The minimum absolute atomic E-state index is 0.0665. The number of aliphatic hydroxyl groups is 1. The zero-order valence-electron chi connectivity index (χ0n) is 13.0. The molecule has 0 aliphatic carbocycles. The number of ether oxygens (including phenoxy) is 4. The molecule has 23 heavy (non-hydrogen) atoms. The molecule has 1 aliphatic rings. The highest BCUT2D eigenvalue weighted by Crippen LogP contribution is 2.35. The topological polar surface area (TPSA) is 98.3 Å². The molecule has 0 saturated heterocycles. The summed E-state index contributed by atoms with van der Waals surface area (Å²) in [7, 11) is 1.60. The Balaban J connectivity index is 1.61. The summed E-state index contributed by atoms with van der Waals surface area (Å²) in [6.45, 7) is 1.70. The van der Waals surface area contributed by atoms with Crippen LogP contribution in [0.25, 0.3) is 0 Å². The molecule has 0 saturated carbocycles. The first-order valence-electron chi connectivity index (χ1n) is 7.36. The van der Waals surface area contributed by atoms with E-state index in [9.17, 15) is 9.90 Å². The number of hydrogen-bond acceptors (Lipinski definition) is 7. The highest BCUT2D eigenvalue weighted by atomic mass is 16.7. The molecule has 1 aliphatic heterocycles. The van der Waals surface area contributed by atoms with Crippen molar-refractivity contribution in [2.24, 2.45) is 0 Å². The number of carbonyl (C=O) groups is 1. The Morgan fingerprint density at radius 3 is 3.04 bits per heavy atom. The molecule has 0 radical (unpaired) electrons. The highest BCUT2D eigenvalue weighted by Gasteiger charge is 2.14. The van der Waals surface area contributed by atoms with E-state index in [2.05, 4.69) is 10.6 Å². The fourth-order valence-corrected chi connectivity index (χ4v) is 1.89. The Morgan fingerprint density at radius 2 is 2.22 bits per heavy atom. The lowest BCUT2D eigenvalue weighted by Gasteiger charge is -2.13. The zero-order chi connectivity index (χ0) is 16.5. The monoisotopic (exact) mass is 326 g/mol. The summed E-state index contributed by atoms with van der Waals surface area (Å²) >= 11 is 0. The lowest BCUT2D eigenvalue weighted by molar-refractivity contribution is -0.120. The molecule has 2 rings (SSSR count). The third kappa shape index (κ3) is 5.93. The molecule has 1 aromatic carbocycles. The van der Waals surface area contributed by atoms with E-state index in [-0.39, 0.29) is 32.4 Å². The second kappa shape index (κ2) is 9.19. The number of hydrogen-bond donors (Lipinski definition) is 3. The predicted octanol–water partition coefficient (Wildman–Crippen LogP) is -0.493. The van der Waals surface area contributed by atoms with Crippen LogP contribution in [0, 0.1) is 0 Å². The van der Waals surface area contributed by atoms with Gasteiger partial charge in [-0.15, -0.1) is 0 Å². The quantitative estimate of drug-likeness (QED) is 0.499. The van der Waals surface area contributed by atoms with E-state index in [0.29, 0.717) is 30.4 Å². The van der Waals surface area contributed by atoms with Crippen molar-refractivity contribution in [2.75, 3.05) is 46.8 Å². The van der Waals surface area contributed by atoms with Crippen molar-refractivity contribution < 1.29 is 28.8 Å². The van der Waals surface area contributed by atoms with Crippen LogP contribution < -0.4 is 24.8 Å². The molecule has 0 spiro atoms. The van der Waals surface area contributed by atoms with Gasteiger partial charge in [0.1, 0.15) is 18.5 Å². The fraction of sp³-hybridized carbons (Fsp3) is 0.533. The van der Waals surface area contributed by atoms with Gasteiger partial charge in [-0.3, -0.25) is 4.79 Å². The van der Waals surface area contributed by atoms with Crippen molar-refractivity contribution in [3.8, 4) is 17.2 Å². The standard InChI is InChI=1S/C15H22N2O6/c1-20-5-4-16-8-15(19)17-7-11(18)9-21-12-2-3-13-14(6-12)23-10-22-13/h2-3,6,11,16,18H,4-5,7-10H2,1H3,(H,17,19). The lowest BCUT2D eigenvalue weighted by Crippen LogP contribution is -2.40. The van der Waals surface area contributed by atoms with Crippen LogP contribution in [-0.4, -0.2) is 63.9 Å².